The number of rotatable bonds is 3. The van der Waals surface area contributed by atoms with Gasteiger partial charge in [0, 0.05) is 0 Å². The first-order valence-corrected chi connectivity index (χ1v) is 6.18. The summed E-state index contributed by atoms with van der Waals surface area (Å²) in [5, 5.41) is 0. The standard InChI is InChI=1S/C15H18O2/c1-3-11-8-9-13-12(10-11)6-5-7-14(13)15(16)17-4-2/h3,8-10,14H,1,4-7H2,2H3. The van der Waals surface area contributed by atoms with E-state index in [1.54, 1.807) is 0 Å². The van der Waals surface area contributed by atoms with Gasteiger partial charge >= 0.3 is 5.97 Å². The number of aryl methyl sites for hydroxylation is 1. The predicted octanol–water partition coefficient (Wildman–Crippen LogP) is 3.31. The molecule has 17 heavy (non-hydrogen) atoms. The molecule has 2 rings (SSSR count). The van der Waals surface area contributed by atoms with Crippen LogP contribution in [-0.4, -0.2) is 12.6 Å². The van der Waals surface area contributed by atoms with Gasteiger partial charge < -0.3 is 4.74 Å². The molecule has 0 spiro atoms. The number of fused-ring (bicyclic) bond motifs is 1. The molecule has 0 saturated carbocycles. The maximum absolute atomic E-state index is 11.9. The molecule has 0 aliphatic heterocycles. The SMILES string of the molecule is C=Cc1ccc2c(c1)CCCC2C(=O)OCC. The minimum absolute atomic E-state index is 0.0717. The van der Waals surface area contributed by atoms with Crippen molar-refractivity contribution in [3.8, 4) is 0 Å². The highest BCUT2D eigenvalue weighted by Crippen LogP contribution is 2.33. The Morgan fingerprint density at radius 2 is 2.41 bits per heavy atom. The summed E-state index contributed by atoms with van der Waals surface area (Å²) in [6, 6.07) is 6.20. The summed E-state index contributed by atoms with van der Waals surface area (Å²) in [5.41, 5.74) is 3.53. The second-order valence-corrected chi connectivity index (χ2v) is 4.36. The maximum Gasteiger partial charge on any atom is 0.313 e. The van der Waals surface area contributed by atoms with Crippen molar-refractivity contribution in [2.45, 2.75) is 32.1 Å². The molecular formula is C15H18O2. The number of ether oxygens (including phenoxy) is 1. The van der Waals surface area contributed by atoms with Crippen molar-refractivity contribution < 1.29 is 9.53 Å². The minimum Gasteiger partial charge on any atom is -0.466 e. The maximum atomic E-state index is 11.9. The van der Waals surface area contributed by atoms with Gasteiger partial charge in [0.2, 0.25) is 0 Å². The molecule has 2 nitrogen and oxygen atoms in total. The zero-order chi connectivity index (χ0) is 12.3. The van der Waals surface area contributed by atoms with Crippen LogP contribution in [0.15, 0.2) is 24.8 Å². The fourth-order valence-electron chi connectivity index (χ4n) is 2.45. The van der Waals surface area contributed by atoms with E-state index in [-0.39, 0.29) is 11.9 Å². The number of carbonyl (C=O) groups is 1. The average Bonchev–Trinajstić information content (AvgIpc) is 2.37. The Kier molecular flexibility index (Phi) is 3.62. The number of esters is 1. The van der Waals surface area contributed by atoms with Crippen molar-refractivity contribution in [2.75, 3.05) is 6.61 Å². The van der Waals surface area contributed by atoms with Crippen LogP contribution in [0.1, 0.15) is 42.4 Å². The van der Waals surface area contributed by atoms with Gasteiger partial charge in [0.1, 0.15) is 0 Å². The van der Waals surface area contributed by atoms with Crippen molar-refractivity contribution >= 4 is 12.0 Å². The second kappa shape index (κ2) is 5.17. The van der Waals surface area contributed by atoms with E-state index < -0.39 is 0 Å². The van der Waals surface area contributed by atoms with Crippen molar-refractivity contribution in [2.24, 2.45) is 0 Å². The molecule has 1 aromatic rings. The molecule has 0 N–H and O–H groups in total. The summed E-state index contributed by atoms with van der Waals surface area (Å²) in [7, 11) is 0. The Labute approximate surface area is 102 Å². The van der Waals surface area contributed by atoms with E-state index in [0.29, 0.717) is 6.61 Å². The average molecular weight is 230 g/mol. The van der Waals surface area contributed by atoms with Crippen molar-refractivity contribution in [3.05, 3.63) is 41.5 Å². The van der Waals surface area contributed by atoms with Gasteiger partial charge in [-0.05, 0) is 42.9 Å². The third-order valence-corrected chi connectivity index (χ3v) is 3.29. The Balaban J connectivity index is 2.31. The zero-order valence-corrected chi connectivity index (χ0v) is 10.2. The Morgan fingerprint density at radius 1 is 1.59 bits per heavy atom. The summed E-state index contributed by atoms with van der Waals surface area (Å²) >= 11 is 0. The fraction of sp³-hybridized carbons (Fsp3) is 0.400. The second-order valence-electron chi connectivity index (χ2n) is 4.36. The summed E-state index contributed by atoms with van der Waals surface area (Å²) in [6.07, 6.45) is 4.84. The van der Waals surface area contributed by atoms with Gasteiger partial charge in [-0.3, -0.25) is 4.79 Å². The van der Waals surface area contributed by atoms with Crippen LogP contribution in [0.25, 0.3) is 6.08 Å². The number of hydrogen-bond acceptors (Lipinski definition) is 2. The molecule has 0 fully saturated rings. The van der Waals surface area contributed by atoms with E-state index in [1.165, 1.54) is 5.56 Å². The lowest BCUT2D eigenvalue weighted by Gasteiger charge is -2.24. The lowest BCUT2D eigenvalue weighted by atomic mass is 9.82. The molecule has 2 heteroatoms. The Bertz CT molecular complexity index is 435. The van der Waals surface area contributed by atoms with E-state index in [2.05, 4.69) is 12.6 Å². The van der Waals surface area contributed by atoms with Crippen LogP contribution in [-0.2, 0) is 16.0 Å². The quantitative estimate of drug-likeness (QED) is 0.745. The molecule has 1 aliphatic carbocycles. The van der Waals surface area contributed by atoms with Crippen molar-refractivity contribution in [3.63, 3.8) is 0 Å². The van der Waals surface area contributed by atoms with Crippen LogP contribution < -0.4 is 0 Å². The highest BCUT2D eigenvalue weighted by Gasteiger charge is 2.27. The first-order chi connectivity index (χ1) is 8.26. The molecule has 1 aliphatic rings. The third kappa shape index (κ3) is 2.41. The molecule has 90 valence electrons. The Hall–Kier alpha value is -1.57. The largest absolute Gasteiger partial charge is 0.466 e. The molecule has 1 unspecified atom stereocenters. The summed E-state index contributed by atoms with van der Waals surface area (Å²) in [5.74, 6) is -0.155. The first kappa shape index (κ1) is 11.9. The Morgan fingerprint density at radius 3 is 3.12 bits per heavy atom. The lowest BCUT2D eigenvalue weighted by molar-refractivity contribution is -0.145. The molecule has 0 aromatic heterocycles. The van der Waals surface area contributed by atoms with Crippen molar-refractivity contribution in [1.29, 1.82) is 0 Å². The van der Waals surface area contributed by atoms with Gasteiger partial charge in [0.15, 0.2) is 0 Å². The third-order valence-electron chi connectivity index (χ3n) is 3.29. The van der Waals surface area contributed by atoms with Crippen LogP contribution in [0.2, 0.25) is 0 Å². The molecule has 1 aromatic carbocycles. The van der Waals surface area contributed by atoms with Crippen molar-refractivity contribution in [1.82, 2.24) is 0 Å². The number of benzene rings is 1. The fourth-order valence-corrected chi connectivity index (χ4v) is 2.45. The number of carbonyl (C=O) groups excluding carboxylic acids is 1. The van der Waals surface area contributed by atoms with Gasteiger partial charge in [0.05, 0.1) is 12.5 Å². The molecule has 0 bridgehead atoms. The van der Waals surface area contributed by atoms with Crippen LogP contribution >= 0.6 is 0 Å². The monoisotopic (exact) mass is 230 g/mol. The topological polar surface area (TPSA) is 26.3 Å². The van der Waals surface area contributed by atoms with E-state index in [1.807, 2.05) is 25.1 Å². The molecule has 1 atom stereocenters. The van der Waals surface area contributed by atoms with E-state index >= 15 is 0 Å². The van der Waals surface area contributed by atoms with Crippen LogP contribution in [0.3, 0.4) is 0 Å². The molecule has 0 radical (unpaired) electrons. The minimum atomic E-state index is -0.0835. The molecular weight excluding hydrogens is 212 g/mol. The van der Waals surface area contributed by atoms with E-state index in [0.717, 1.165) is 30.4 Å². The van der Waals surface area contributed by atoms with Crippen LogP contribution in [0, 0.1) is 0 Å². The molecule has 0 saturated heterocycles. The van der Waals surface area contributed by atoms with E-state index in [4.69, 9.17) is 4.74 Å². The van der Waals surface area contributed by atoms with Crippen LogP contribution in [0.4, 0.5) is 0 Å². The smallest absolute Gasteiger partial charge is 0.313 e. The number of hydrogen-bond donors (Lipinski definition) is 0. The molecule has 0 heterocycles. The summed E-state index contributed by atoms with van der Waals surface area (Å²) in [4.78, 5) is 11.9. The normalized spacial score (nSPS) is 18.3. The first-order valence-electron chi connectivity index (χ1n) is 6.18. The van der Waals surface area contributed by atoms with Gasteiger partial charge in [-0.1, -0.05) is 30.9 Å². The van der Waals surface area contributed by atoms with Gasteiger partial charge in [-0.2, -0.15) is 0 Å². The highest BCUT2D eigenvalue weighted by atomic mass is 16.5. The van der Waals surface area contributed by atoms with E-state index in [9.17, 15) is 4.79 Å². The van der Waals surface area contributed by atoms with Gasteiger partial charge in [-0.25, -0.2) is 0 Å². The van der Waals surface area contributed by atoms with Gasteiger partial charge in [-0.15, -0.1) is 0 Å². The summed E-state index contributed by atoms with van der Waals surface area (Å²) < 4.78 is 5.14. The lowest BCUT2D eigenvalue weighted by Crippen LogP contribution is -2.20. The van der Waals surface area contributed by atoms with Gasteiger partial charge in [0.25, 0.3) is 0 Å². The van der Waals surface area contributed by atoms with Crippen LogP contribution in [0.5, 0.6) is 0 Å². The molecule has 0 amide bonds. The highest BCUT2D eigenvalue weighted by molar-refractivity contribution is 5.79. The summed E-state index contributed by atoms with van der Waals surface area (Å²) in [6.45, 7) is 6.08. The predicted molar refractivity (Wildman–Crippen MR) is 68.8 cm³/mol. The zero-order valence-electron chi connectivity index (χ0n) is 10.2.